The van der Waals surface area contributed by atoms with E-state index in [1.165, 1.54) is 32.1 Å². The van der Waals surface area contributed by atoms with E-state index in [1.807, 2.05) is 0 Å². The summed E-state index contributed by atoms with van der Waals surface area (Å²) >= 11 is 0. The highest BCUT2D eigenvalue weighted by Crippen LogP contribution is 2.29. The van der Waals surface area contributed by atoms with Gasteiger partial charge in [0, 0.05) is 19.4 Å². The van der Waals surface area contributed by atoms with Crippen molar-refractivity contribution < 1.29 is 9.53 Å². The van der Waals surface area contributed by atoms with Crippen LogP contribution in [0, 0.1) is 5.92 Å². The Bertz CT molecular complexity index is 191. The molecule has 1 aliphatic carbocycles. The second kappa shape index (κ2) is 6.39. The second-order valence-corrected chi connectivity index (χ2v) is 5.40. The summed E-state index contributed by atoms with van der Waals surface area (Å²) in [5.41, 5.74) is 0. The van der Waals surface area contributed by atoms with Gasteiger partial charge in [0.15, 0.2) is 0 Å². The van der Waals surface area contributed by atoms with E-state index in [2.05, 4.69) is 0 Å². The zero-order valence-electron chi connectivity index (χ0n) is 10.2. The van der Waals surface area contributed by atoms with Crippen molar-refractivity contribution in [1.82, 2.24) is 0 Å². The molecule has 0 bridgehead atoms. The van der Waals surface area contributed by atoms with Crippen LogP contribution in [0.15, 0.2) is 0 Å². The quantitative estimate of drug-likeness (QED) is 0.690. The molecular weight excluding hydrogens is 200 g/mol. The summed E-state index contributed by atoms with van der Waals surface area (Å²) in [5.74, 6) is 1.31. The Kier molecular flexibility index (Phi) is 4.83. The first kappa shape index (κ1) is 12.1. The summed E-state index contributed by atoms with van der Waals surface area (Å²) in [5, 5.41) is 0. The molecule has 1 saturated carbocycles. The van der Waals surface area contributed by atoms with Crippen LogP contribution >= 0.6 is 0 Å². The van der Waals surface area contributed by atoms with Gasteiger partial charge in [-0.3, -0.25) is 4.79 Å². The van der Waals surface area contributed by atoms with Gasteiger partial charge in [-0.25, -0.2) is 0 Å². The Hall–Kier alpha value is -0.370. The van der Waals surface area contributed by atoms with Crippen molar-refractivity contribution in [2.45, 2.75) is 70.3 Å². The van der Waals surface area contributed by atoms with Gasteiger partial charge >= 0.3 is 0 Å². The molecule has 0 aromatic heterocycles. The molecule has 2 fully saturated rings. The molecule has 0 amide bonds. The maximum absolute atomic E-state index is 11.7. The Morgan fingerprint density at radius 1 is 1.00 bits per heavy atom. The van der Waals surface area contributed by atoms with E-state index in [4.69, 9.17) is 4.74 Å². The monoisotopic (exact) mass is 224 g/mol. The number of Topliss-reactive ketones (excluding diaryl/α,β-unsaturated/α-hetero) is 1. The predicted octanol–water partition coefficient (Wildman–Crippen LogP) is 3.49. The number of hydrogen-bond acceptors (Lipinski definition) is 2. The fourth-order valence-corrected chi connectivity index (χ4v) is 2.98. The lowest BCUT2D eigenvalue weighted by atomic mass is 9.98. The number of carbonyl (C=O) groups excluding carboxylic acids is 1. The average Bonchev–Trinajstić information content (AvgIpc) is 2.96. The van der Waals surface area contributed by atoms with Gasteiger partial charge < -0.3 is 4.74 Å². The summed E-state index contributed by atoms with van der Waals surface area (Å²) in [6.45, 7) is 0.904. The summed E-state index contributed by atoms with van der Waals surface area (Å²) in [7, 11) is 0. The van der Waals surface area contributed by atoms with Crippen molar-refractivity contribution >= 4 is 5.78 Å². The molecule has 1 unspecified atom stereocenters. The van der Waals surface area contributed by atoms with Gasteiger partial charge in [-0.15, -0.1) is 0 Å². The van der Waals surface area contributed by atoms with E-state index in [1.54, 1.807) is 0 Å². The fourth-order valence-electron chi connectivity index (χ4n) is 2.98. The molecule has 2 rings (SSSR count). The molecule has 2 aliphatic rings. The topological polar surface area (TPSA) is 26.3 Å². The van der Waals surface area contributed by atoms with Crippen LogP contribution in [0.1, 0.15) is 64.2 Å². The zero-order valence-corrected chi connectivity index (χ0v) is 10.2. The van der Waals surface area contributed by atoms with Crippen molar-refractivity contribution in [2.75, 3.05) is 6.61 Å². The van der Waals surface area contributed by atoms with Crippen LogP contribution in [0.3, 0.4) is 0 Å². The molecule has 0 aromatic rings. The molecule has 0 spiro atoms. The van der Waals surface area contributed by atoms with Gasteiger partial charge in [-0.2, -0.15) is 0 Å². The molecule has 92 valence electrons. The summed E-state index contributed by atoms with van der Waals surface area (Å²) in [6.07, 6.45) is 11.9. The summed E-state index contributed by atoms with van der Waals surface area (Å²) < 4.78 is 5.53. The lowest BCUT2D eigenvalue weighted by Crippen LogP contribution is -2.09. The average molecular weight is 224 g/mol. The number of carbonyl (C=O) groups is 1. The minimum atomic E-state index is 0.385. The largest absolute Gasteiger partial charge is 0.378 e. The molecule has 0 radical (unpaired) electrons. The third-order valence-electron chi connectivity index (χ3n) is 4.08. The molecule has 16 heavy (non-hydrogen) atoms. The molecule has 1 aliphatic heterocycles. The standard InChI is InChI=1S/C14H24O2/c15-13(8-7-12-4-1-2-5-12)9-10-14-6-3-11-16-14/h12,14H,1-11H2. The van der Waals surface area contributed by atoms with Crippen LogP contribution in [-0.4, -0.2) is 18.5 Å². The lowest BCUT2D eigenvalue weighted by Gasteiger charge is -2.10. The minimum absolute atomic E-state index is 0.385. The van der Waals surface area contributed by atoms with E-state index in [0.29, 0.717) is 11.9 Å². The second-order valence-electron chi connectivity index (χ2n) is 5.40. The Balaban J connectivity index is 1.53. The Morgan fingerprint density at radius 3 is 2.44 bits per heavy atom. The van der Waals surface area contributed by atoms with Crippen molar-refractivity contribution in [3.8, 4) is 0 Å². The molecule has 1 heterocycles. The first-order valence-corrected chi connectivity index (χ1v) is 6.98. The predicted molar refractivity (Wildman–Crippen MR) is 64.4 cm³/mol. The smallest absolute Gasteiger partial charge is 0.133 e. The first-order chi connectivity index (χ1) is 7.84. The number of ether oxygens (including phenoxy) is 1. The third-order valence-corrected chi connectivity index (χ3v) is 4.08. The molecular formula is C14H24O2. The molecule has 2 nitrogen and oxygen atoms in total. The normalized spacial score (nSPS) is 26.4. The zero-order chi connectivity index (χ0) is 11.2. The molecule has 0 N–H and O–H groups in total. The Labute approximate surface area is 98.7 Å². The van der Waals surface area contributed by atoms with Crippen molar-refractivity contribution in [2.24, 2.45) is 5.92 Å². The lowest BCUT2D eigenvalue weighted by molar-refractivity contribution is -0.120. The SMILES string of the molecule is O=C(CCC1CCCC1)CCC1CCCO1. The first-order valence-electron chi connectivity index (χ1n) is 6.98. The number of ketones is 1. The Morgan fingerprint density at radius 2 is 1.75 bits per heavy atom. The van der Waals surface area contributed by atoms with Crippen molar-refractivity contribution in [1.29, 1.82) is 0 Å². The minimum Gasteiger partial charge on any atom is -0.378 e. The van der Waals surface area contributed by atoms with Gasteiger partial charge in [-0.1, -0.05) is 25.7 Å². The van der Waals surface area contributed by atoms with Crippen LogP contribution in [0.25, 0.3) is 0 Å². The summed E-state index contributed by atoms with van der Waals surface area (Å²) in [6, 6.07) is 0. The highest BCUT2D eigenvalue weighted by Gasteiger charge is 2.18. The van der Waals surface area contributed by atoms with Crippen molar-refractivity contribution in [3.63, 3.8) is 0 Å². The van der Waals surface area contributed by atoms with Crippen LogP contribution in [0.4, 0.5) is 0 Å². The van der Waals surface area contributed by atoms with Crippen molar-refractivity contribution in [3.05, 3.63) is 0 Å². The van der Waals surface area contributed by atoms with E-state index in [0.717, 1.165) is 44.6 Å². The van der Waals surface area contributed by atoms with E-state index in [-0.39, 0.29) is 0 Å². The van der Waals surface area contributed by atoms with Gasteiger partial charge in [0.1, 0.15) is 5.78 Å². The van der Waals surface area contributed by atoms with E-state index < -0.39 is 0 Å². The van der Waals surface area contributed by atoms with Gasteiger partial charge in [-0.05, 0) is 31.6 Å². The van der Waals surface area contributed by atoms with Crippen LogP contribution in [0.5, 0.6) is 0 Å². The maximum atomic E-state index is 11.7. The van der Waals surface area contributed by atoms with Gasteiger partial charge in [0.05, 0.1) is 6.10 Å². The molecule has 1 saturated heterocycles. The van der Waals surface area contributed by atoms with Gasteiger partial charge in [0.2, 0.25) is 0 Å². The van der Waals surface area contributed by atoms with Crippen LogP contribution in [0.2, 0.25) is 0 Å². The summed E-state index contributed by atoms with van der Waals surface area (Å²) in [4.78, 5) is 11.7. The van der Waals surface area contributed by atoms with Crippen LogP contribution in [-0.2, 0) is 9.53 Å². The molecule has 2 heteroatoms. The molecule has 0 aromatic carbocycles. The van der Waals surface area contributed by atoms with Gasteiger partial charge in [0.25, 0.3) is 0 Å². The number of rotatable bonds is 6. The highest BCUT2D eigenvalue weighted by molar-refractivity contribution is 5.78. The number of hydrogen-bond donors (Lipinski definition) is 0. The molecule has 1 atom stereocenters. The highest BCUT2D eigenvalue weighted by atomic mass is 16.5. The maximum Gasteiger partial charge on any atom is 0.133 e. The van der Waals surface area contributed by atoms with Crippen LogP contribution < -0.4 is 0 Å². The third kappa shape index (κ3) is 3.89. The van der Waals surface area contributed by atoms with E-state index in [9.17, 15) is 4.79 Å². The van der Waals surface area contributed by atoms with E-state index >= 15 is 0 Å². The fraction of sp³-hybridized carbons (Fsp3) is 0.929.